The molecular formula is C21H28N6+2. The van der Waals surface area contributed by atoms with Crippen LogP contribution < -0.4 is 9.80 Å². The molecule has 2 fully saturated rings. The van der Waals surface area contributed by atoms with Gasteiger partial charge in [0, 0.05) is 12.8 Å². The van der Waals surface area contributed by atoms with Gasteiger partial charge in [-0.1, -0.05) is 5.57 Å². The predicted octanol–water partition coefficient (Wildman–Crippen LogP) is -0.351. The quantitative estimate of drug-likeness (QED) is 0.583. The molecule has 1 saturated carbocycles. The van der Waals surface area contributed by atoms with E-state index in [2.05, 4.69) is 32.1 Å². The molecule has 27 heavy (non-hydrogen) atoms. The molecule has 3 N–H and O–H groups in total. The minimum Gasteiger partial charge on any atom is -0.335 e. The molecule has 140 valence electrons. The van der Waals surface area contributed by atoms with Crippen molar-refractivity contribution in [1.82, 2.24) is 0 Å². The third kappa shape index (κ3) is 2.98. The SMILES string of the molecule is CC[NH+]1CCC(=C2C(C#N)C(=N)C(C#N)(C#N)C3=CC[NH+](CC)C[C@@H]32)CC1. The highest BCUT2D eigenvalue weighted by molar-refractivity contribution is 6.03. The average Bonchev–Trinajstić information content (AvgIpc) is 2.73. The monoisotopic (exact) mass is 364 g/mol. The van der Waals surface area contributed by atoms with E-state index in [-0.39, 0.29) is 11.6 Å². The molecule has 1 saturated heterocycles. The fourth-order valence-corrected chi connectivity index (χ4v) is 4.99. The molecule has 0 amide bonds. The Kier molecular flexibility index (Phi) is 5.47. The molecule has 2 unspecified atom stereocenters. The number of hydrogen-bond donors (Lipinski definition) is 3. The summed E-state index contributed by atoms with van der Waals surface area (Å²) in [7, 11) is 0. The number of nitrogens with one attached hydrogen (secondary N) is 3. The second-order valence-electron chi connectivity index (χ2n) is 7.84. The van der Waals surface area contributed by atoms with Crippen molar-refractivity contribution in [2.75, 3.05) is 39.3 Å². The summed E-state index contributed by atoms with van der Waals surface area (Å²) in [5.41, 5.74) is 1.47. The van der Waals surface area contributed by atoms with Crippen LogP contribution in [0.1, 0.15) is 26.7 Å². The number of hydrogen-bond acceptors (Lipinski definition) is 4. The number of quaternary nitrogens is 2. The summed E-state index contributed by atoms with van der Waals surface area (Å²) in [4.78, 5) is 2.97. The minimum absolute atomic E-state index is 0.0368. The first-order valence-corrected chi connectivity index (χ1v) is 9.96. The zero-order valence-corrected chi connectivity index (χ0v) is 16.2. The first-order chi connectivity index (χ1) is 13.1. The predicted molar refractivity (Wildman–Crippen MR) is 101 cm³/mol. The van der Waals surface area contributed by atoms with Gasteiger partial charge in [-0.3, -0.25) is 0 Å². The number of rotatable bonds is 2. The summed E-state index contributed by atoms with van der Waals surface area (Å²) >= 11 is 0. The van der Waals surface area contributed by atoms with Gasteiger partial charge in [0.25, 0.3) is 0 Å². The Bertz CT molecular complexity index is 791. The van der Waals surface area contributed by atoms with Crippen molar-refractivity contribution in [3.63, 3.8) is 0 Å². The average molecular weight is 364 g/mol. The Labute approximate surface area is 161 Å². The van der Waals surface area contributed by atoms with Gasteiger partial charge in [0.15, 0.2) is 0 Å². The van der Waals surface area contributed by atoms with E-state index < -0.39 is 11.3 Å². The van der Waals surface area contributed by atoms with Gasteiger partial charge in [0.2, 0.25) is 5.41 Å². The number of likely N-dealkylation sites (N-methyl/N-ethyl adjacent to an activating group) is 1. The van der Waals surface area contributed by atoms with E-state index in [1.165, 1.54) is 10.5 Å². The first-order valence-electron chi connectivity index (χ1n) is 9.96. The third-order valence-corrected chi connectivity index (χ3v) is 6.72. The molecule has 3 rings (SSSR count). The van der Waals surface area contributed by atoms with E-state index in [0.29, 0.717) is 0 Å². The van der Waals surface area contributed by atoms with Crippen LogP contribution in [0, 0.1) is 56.7 Å². The van der Waals surface area contributed by atoms with Crippen LogP contribution in [0.25, 0.3) is 0 Å². The van der Waals surface area contributed by atoms with Crippen LogP contribution in [0.15, 0.2) is 22.8 Å². The molecule has 2 aliphatic heterocycles. The maximum absolute atomic E-state index is 9.92. The Morgan fingerprint density at radius 1 is 1.11 bits per heavy atom. The molecule has 3 atom stereocenters. The number of likely N-dealkylation sites (tertiary alicyclic amines) is 1. The third-order valence-electron chi connectivity index (χ3n) is 6.72. The van der Waals surface area contributed by atoms with E-state index in [1.807, 2.05) is 6.08 Å². The lowest BCUT2D eigenvalue weighted by Crippen LogP contribution is -3.13. The molecule has 0 aromatic heterocycles. The lowest BCUT2D eigenvalue weighted by Gasteiger charge is -2.44. The molecule has 3 aliphatic rings. The van der Waals surface area contributed by atoms with E-state index in [0.717, 1.165) is 63.3 Å². The van der Waals surface area contributed by atoms with Crippen LogP contribution in [-0.2, 0) is 0 Å². The standard InChI is InChI=1S/C21H26N6/c1-3-26-8-5-15(6-9-26)19-16(11-22)20(25)21(13-23,14-24)18-7-10-27(4-2)12-17(18)19/h7,16-17,25H,3-6,8-10,12H2,1-2H3/p+2/t16?,17-/m0/s1. The fourth-order valence-electron chi connectivity index (χ4n) is 4.99. The van der Waals surface area contributed by atoms with Crippen LogP contribution in [0.5, 0.6) is 0 Å². The van der Waals surface area contributed by atoms with Gasteiger partial charge < -0.3 is 15.2 Å². The van der Waals surface area contributed by atoms with Gasteiger partial charge in [-0.25, -0.2) is 0 Å². The molecule has 0 spiro atoms. The molecule has 0 radical (unpaired) electrons. The fraction of sp³-hybridized carbons (Fsp3) is 0.619. The number of nitriles is 3. The summed E-state index contributed by atoms with van der Waals surface area (Å²) in [6, 6.07) is 6.51. The molecule has 0 aromatic carbocycles. The molecule has 0 aromatic rings. The molecule has 2 heterocycles. The normalized spacial score (nSPS) is 32.6. The van der Waals surface area contributed by atoms with Crippen molar-refractivity contribution in [2.24, 2.45) is 17.3 Å². The highest BCUT2D eigenvalue weighted by Gasteiger charge is 2.55. The van der Waals surface area contributed by atoms with Gasteiger partial charge >= 0.3 is 0 Å². The van der Waals surface area contributed by atoms with Crippen molar-refractivity contribution in [1.29, 1.82) is 21.2 Å². The summed E-state index contributed by atoms with van der Waals surface area (Å²) in [5, 5.41) is 38.3. The topological polar surface area (TPSA) is 104 Å². The van der Waals surface area contributed by atoms with Crippen LogP contribution >= 0.6 is 0 Å². The Hall–Kier alpha value is -2.46. The molecule has 0 bridgehead atoms. The van der Waals surface area contributed by atoms with Gasteiger partial charge in [-0.05, 0) is 31.1 Å². The maximum atomic E-state index is 9.92. The minimum atomic E-state index is -1.58. The van der Waals surface area contributed by atoms with Crippen molar-refractivity contribution >= 4 is 5.71 Å². The molecular weight excluding hydrogens is 336 g/mol. The summed E-state index contributed by atoms with van der Waals surface area (Å²) in [6.07, 6.45) is 3.90. The Morgan fingerprint density at radius 3 is 2.26 bits per heavy atom. The van der Waals surface area contributed by atoms with Crippen molar-refractivity contribution in [3.05, 3.63) is 22.8 Å². The Balaban J connectivity index is 2.14. The van der Waals surface area contributed by atoms with E-state index in [1.54, 1.807) is 4.90 Å². The van der Waals surface area contributed by atoms with Crippen LogP contribution in [0.3, 0.4) is 0 Å². The highest BCUT2D eigenvalue weighted by Crippen LogP contribution is 2.48. The van der Waals surface area contributed by atoms with E-state index in [9.17, 15) is 15.8 Å². The van der Waals surface area contributed by atoms with Crippen molar-refractivity contribution in [2.45, 2.75) is 26.7 Å². The number of nitrogens with zero attached hydrogens (tertiary/aromatic N) is 3. The second-order valence-corrected chi connectivity index (χ2v) is 7.84. The van der Waals surface area contributed by atoms with Crippen LogP contribution in [-0.4, -0.2) is 45.0 Å². The summed E-state index contributed by atoms with van der Waals surface area (Å²) in [6.45, 7) is 10.1. The summed E-state index contributed by atoms with van der Waals surface area (Å²) in [5.74, 6) is -0.814. The van der Waals surface area contributed by atoms with Gasteiger partial charge in [0.1, 0.15) is 5.92 Å². The van der Waals surface area contributed by atoms with Gasteiger partial charge in [-0.15, -0.1) is 0 Å². The molecule has 6 heteroatoms. The van der Waals surface area contributed by atoms with Crippen LogP contribution in [0.4, 0.5) is 0 Å². The summed E-state index contributed by atoms with van der Waals surface area (Å²) < 4.78 is 0. The second kappa shape index (κ2) is 7.65. The van der Waals surface area contributed by atoms with E-state index >= 15 is 0 Å². The number of piperidine rings is 1. The maximum Gasteiger partial charge on any atom is 0.204 e. The lowest BCUT2D eigenvalue weighted by atomic mass is 9.58. The zero-order valence-electron chi connectivity index (χ0n) is 16.2. The van der Waals surface area contributed by atoms with Gasteiger partial charge in [-0.2, -0.15) is 15.8 Å². The van der Waals surface area contributed by atoms with Crippen LogP contribution in [0.2, 0.25) is 0 Å². The largest absolute Gasteiger partial charge is 0.335 e. The highest BCUT2D eigenvalue weighted by atomic mass is 15.1. The first kappa shape index (κ1) is 19.3. The van der Waals surface area contributed by atoms with Crippen molar-refractivity contribution in [3.8, 4) is 18.2 Å². The van der Waals surface area contributed by atoms with Gasteiger partial charge in [0.05, 0.1) is 69.1 Å². The Morgan fingerprint density at radius 2 is 1.74 bits per heavy atom. The molecule has 1 aliphatic carbocycles. The smallest absolute Gasteiger partial charge is 0.204 e. The zero-order chi connectivity index (χ0) is 19.6. The molecule has 6 nitrogen and oxygen atoms in total. The van der Waals surface area contributed by atoms with Crippen molar-refractivity contribution < 1.29 is 9.80 Å². The number of fused-ring (bicyclic) bond motifs is 1. The van der Waals surface area contributed by atoms with E-state index in [4.69, 9.17) is 5.41 Å². The lowest BCUT2D eigenvalue weighted by molar-refractivity contribution is -0.901.